The Morgan fingerprint density at radius 2 is 2.21 bits per heavy atom. The number of hydrogen-bond donors (Lipinski definition) is 1. The molecule has 0 radical (unpaired) electrons. The molecule has 2 unspecified atom stereocenters. The third-order valence-electron chi connectivity index (χ3n) is 4.03. The Labute approximate surface area is 125 Å². The normalized spacial score (nSPS) is 23.7. The molecule has 0 bridgehead atoms. The van der Waals surface area contributed by atoms with Gasteiger partial charge < -0.3 is 10.2 Å². The van der Waals surface area contributed by atoms with Crippen LogP contribution in [0.1, 0.15) is 38.7 Å². The fourth-order valence-corrected chi connectivity index (χ4v) is 3.48. The Balaban J connectivity index is 2.03. The molecule has 1 fully saturated rings. The molecular formula is C16H25BrN2. The van der Waals surface area contributed by atoms with Crippen molar-refractivity contribution in [1.82, 2.24) is 5.32 Å². The fraction of sp³-hybridized carbons (Fsp3) is 0.625. The molecule has 1 saturated heterocycles. The lowest BCUT2D eigenvalue weighted by Crippen LogP contribution is -2.47. The molecule has 2 nitrogen and oxygen atoms in total. The van der Waals surface area contributed by atoms with Crippen LogP contribution in [-0.2, 0) is 0 Å². The van der Waals surface area contributed by atoms with Crippen LogP contribution in [0.2, 0.25) is 0 Å². The first-order valence-electron chi connectivity index (χ1n) is 7.38. The molecular weight excluding hydrogens is 300 g/mol. The van der Waals surface area contributed by atoms with Gasteiger partial charge in [-0.15, -0.1) is 0 Å². The standard InChI is InChI=1S/C16H25BrN2/c1-4-8-18-15-7-9-19(13(3)11-15)16-6-5-14(17)10-12(16)2/h5-6,10,13,15,18H,4,7-9,11H2,1-3H3. The van der Waals surface area contributed by atoms with E-state index in [-0.39, 0.29) is 0 Å². The molecule has 1 heterocycles. The maximum atomic E-state index is 3.66. The summed E-state index contributed by atoms with van der Waals surface area (Å²) < 4.78 is 1.17. The van der Waals surface area contributed by atoms with Gasteiger partial charge in [-0.2, -0.15) is 0 Å². The molecule has 1 aromatic carbocycles. The van der Waals surface area contributed by atoms with E-state index >= 15 is 0 Å². The van der Waals surface area contributed by atoms with Crippen LogP contribution in [0.4, 0.5) is 5.69 Å². The van der Waals surface area contributed by atoms with E-state index in [0.29, 0.717) is 12.1 Å². The van der Waals surface area contributed by atoms with Gasteiger partial charge in [0.1, 0.15) is 0 Å². The Morgan fingerprint density at radius 1 is 1.42 bits per heavy atom. The molecule has 19 heavy (non-hydrogen) atoms. The highest BCUT2D eigenvalue weighted by Crippen LogP contribution is 2.29. The van der Waals surface area contributed by atoms with E-state index in [2.05, 4.69) is 65.1 Å². The van der Waals surface area contributed by atoms with Crippen LogP contribution >= 0.6 is 15.9 Å². The lowest BCUT2D eigenvalue weighted by Gasteiger charge is -2.40. The van der Waals surface area contributed by atoms with Crippen LogP contribution in [0.25, 0.3) is 0 Å². The number of halogens is 1. The van der Waals surface area contributed by atoms with E-state index in [1.54, 1.807) is 0 Å². The molecule has 1 aliphatic rings. The number of hydrogen-bond acceptors (Lipinski definition) is 2. The first-order valence-corrected chi connectivity index (χ1v) is 8.17. The minimum Gasteiger partial charge on any atom is -0.368 e. The summed E-state index contributed by atoms with van der Waals surface area (Å²) in [4.78, 5) is 2.56. The van der Waals surface area contributed by atoms with Gasteiger partial charge in [-0.25, -0.2) is 0 Å². The van der Waals surface area contributed by atoms with E-state index < -0.39 is 0 Å². The van der Waals surface area contributed by atoms with Gasteiger partial charge in [-0.05, 0) is 63.4 Å². The molecule has 2 rings (SSSR count). The largest absolute Gasteiger partial charge is 0.368 e. The zero-order valence-electron chi connectivity index (χ0n) is 12.2. The van der Waals surface area contributed by atoms with Gasteiger partial charge in [0.15, 0.2) is 0 Å². The van der Waals surface area contributed by atoms with Crippen molar-refractivity contribution in [1.29, 1.82) is 0 Å². The number of nitrogens with one attached hydrogen (secondary N) is 1. The van der Waals surface area contributed by atoms with Crippen LogP contribution in [0.15, 0.2) is 22.7 Å². The van der Waals surface area contributed by atoms with Gasteiger partial charge >= 0.3 is 0 Å². The van der Waals surface area contributed by atoms with E-state index in [0.717, 1.165) is 13.1 Å². The van der Waals surface area contributed by atoms with E-state index in [1.807, 2.05) is 0 Å². The third kappa shape index (κ3) is 3.73. The second-order valence-corrected chi connectivity index (χ2v) is 6.56. The highest BCUT2D eigenvalue weighted by atomic mass is 79.9. The summed E-state index contributed by atoms with van der Waals surface area (Å²) in [6, 6.07) is 7.92. The van der Waals surface area contributed by atoms with Crippen molar-refractivity contribution >= 4 is 21.6 Å². The molecule has 0 spiro atoms. The third-order valence-corrected chi connectivity index (χ3v) is 4.52. The number of nitrogens with zero attached hydrogens (tertiary/aromatic N) is 1. The summed E-state index contributed by atoms with van der Waals surface area (Å²) in [7, 11) is 0. The van der Waals surface area contributed by atoms with Gasteiger partial charge in [0.05, 0.1) is 0 Å². The molecule has 0 aromatic heterocycles. The smallest absolute Gasteiger partial charge is 0.0399 e. The number of piperidine rings is 1. The van der Waals surface area contributed by atoms with Crippen LogP contribution < -0.4 is 10.2 Å². The summed E-state index contributed by atoms with van der Waals surface area (Å²) in [5, 5.41) is 3.66. The van der Waals surface area contributed by atoms with Crippen molar-refractivity contribution in [2.24, 2.45) is 0 Å². The molecule has 1 aliphatic heterocycles. The summed E-state index contributed by atoms with van der Waals surface area (Å²) in [6.45, 7) is 9.09. The average molecular weight is 325 g/mol. The fourth-order valence-electron chi connectivity index (χ4n) is 3.01. The Kier molecular flexibility index (Phi) is 5.28. The van der Waals surface area contributed by atoms with Crippen LogP contribution in [0.3, 0.4) is 0 Å². The SMILES string of the molecule is CCCNC1CCN(c2ccc(Br)cc2C)C(C)C1. The molecule has 0 aliphatic carbocycles. The number of aryl methyl sites for hydroxylation is 1. The topological polar surface area (TPSA) is 15.3 Å². The van der Waals surface area contributed by atoms with E-state index in [4.69, 9.17) is 0 Å². The van der Waals surface area contributed by atoms with Gasteiger partial charge in [-0.3, -0.25) is 0 Å². The van der Waals surface area contributed by atoms with Crippen molar-refractivity contribution < 1.29 is 0 Å². The first-order chi connectivity index (χ1) is 9.11. The first kappa shape index (κ1) is 14.9. The lowest BCUT2D eigenvalue weighted by atomic mass is 9.96. The second kappa shape index (κ2) is 6.76. The van der Waals surface area contributed by atoms with Crippen LogP contribution in [0.5, 0.6) is 0 Å². The highest BCUT2D eigenvalue weighted by Gasteiger charge is 2.25. The monoisotopic (exact) mass is 324 g/mol. The summed E-state index contributed by atoms with van der Waals surface area (Å²) in [5.41, 5.74) is 2.76. The van der Waals surface area contributed by atoms with Gasteiger partial charge in [0, 0.05) is 28.8 Å². The number of benzene rings is 1. The van der Waals surface area contributed by atoms with E-state index in [9.17, 15) is 0 Å². The minimum atomic E-state index is 0.614. The van der Waals surface area contributed by atoms with Gasteiger partial charge in [0.2, 0.25) is 0 Å². The Morgan fingerprint density at radius 3 is 2.84 bits per heavy atom. The van der Waals surface area contributed by atoms with Crippen molar-refractivity contribution in [2.45, 2.75) is 52.1 Å². The molecule has 2 atom stereocenters. The van der Waals surface area contributed by atoms with Gasteiger partial charge in [-0.1, -0.05) is 22.9 Å². The maximum absolute atomic E-state index is 3.66. The van der Waals surface area contributed by atoms with Crippen molar-refractivity contribution in [3.63, 3.8) is 0 Å². The van der Waals surface area contributed by atoms with Gasteiger partial charge in [0.25, 0.3) is 0 Å². The molecule has 1 aromatic rings. The highest BCUT2D eigenvalue weighted by molar-refractivity contribution is 9.10. The second-order valence-electron chi connectivity index (χ2n) is 5.65. The average Bonchev–Trinajstić information content (AvgIpc) is 2.37. The van der Waals surface area contributed by atoms with Crippen LogP contribution in [0, 0.1) is 6.92 Å². The van der Waals surface area contributed by atoms with Crippen molar-refractivity contribution in [3.05, 3.63) is 28.2 Å². The predicted molar refractivity (Wildman–Crippen MR) is 87.0 cm³/mol. The lowest BCUT2D eigenvalue weighted by molar-refractivity contribution is 0.368. The molecule has 0 amide bonds. The molecule has 1 N–H and O–H groups in total. The zero-order chi connectivity index (χ0) is 13.8. The molecule has 3 heteroatoms. The van der Waals surface area contributed by atoms with Crippen molar-refractivity contribution in [3.8, 4) is 0 Å². The quantitative estimate of drug-likeness (QED) is 0.896. The zero-order valence-corrected chi connectivity index (χ0v) is 13.8. The van der Waals surface area contributed by atoms with Crippen molar-refractivity contribution in [2.75, 3.05) is 18.0 Å². The minimum absolute atomic E-state index is 0.614. The molecule has 0 saturated carbocycles. The number of rotatable bonds is 4. The summed E-state index contributed by atoms with van der Waals surface area (Å²) in [5.74, 6) is 0. The Hall–Kier alpha value is -0.540. The summed E-state index contributed by atoms with van der Waals surface area (Å²) >= 11 is 3.54. The Bertz CT molecular complexity index is 419. The maximum Gasteiger partial charge on any atom is 0.0399 e. The molecule has 106 valence electrons. The summed E-state index contributed by atoms with van der Waals surface area (Å²) in [6.07, 6.45) is 3.72. The van der Waals surface area contributed by atoms with Crippen LogP contribution in [-0.4, -0.2) is 25.2 Å². The predicted octanol–water partition coefficient (Wildman–Crippen LogP) is 4.11. The number of anilines is 1. The van der Waals surface area contributed by atoms with E-state index in [1.165, 1.54) is 35.0 Å².